The highest BCUT2D eigenvalue weighted by atomic mass is 32.2. The molecule has 3 nitrogen and oxygen atoms in total. The maximum Gasteiger partial charge on any atom is 0.308 e. The van der Waals surface area contributed by atoms with Crippen LogP contribution in [0.2, 0.25) is 0 Å². The van der Waals surface area contributed by atoms with Crippen molar-refractivity contribution in [1.29, 1.82) is 0 Å². The number of thioether (sulfide) groups is 1. The zero-order valence-corrected chi connectivity index (χ0v) is 14.3. The minimum absolute atomic E-state index is 0.0278. The molecule has 2 aromatic carbocycles. The number of rotatable bonds is 5. The molecule has 1 fully saturated rings. The lowest BCUT2D eigenvalue weighted by molar-refractivity contribution is -0.142. The number of aliphatic carboxylic acids is 1. The summed E-state index contributed by atoms with van der Waals surface area (Å²) in [5, 5.41) is 9.54. The van der Waals surface area contributed by atoms with E-state index in [9.17, 15) is 14.7 Å². The van der Waals surface area contributed by atoms with Gasteiger partial charge in [0.15, 0.2) is 5.78 Å². The number of hydrogen-bond donors (Lipinski definition) is 1. The van der Waals surface area contributed by atoms with Crippen molar-refractivity contribution in [2.75, 3.05) is 6.26 Å². The predicted octanol–water partition coefficient (Wildman–Crippen LogP) is 4.38. The molecule has 1 aliphatic carbocycles. The van der Waals surface area contributed by atoms with E-state index in [2.05, 4.69) is 0 Å². The van der Waals surface area contributed by atoms with Crippen LogP contribution >= 0.6 is 11.8 Å². The molecule has 0 bridgehead atoms. The van der Waals surface area contributed by atoms with E-state index in [-0.39, 0.29) is 11.0 Å². The van der Waals surface area contributed by atoms with Crippen LogP contribution in [0, 0.1) is 11.8 Å². The standard InChI is InChI=1S/C20H20O3S/c1-24-17-12-11-16(18(17)20(22)23)19(21)15-9-7-14(8-10-15)13-5-3-2-4-6-13/h2-10,16-18H,11-12H2,1H3,(H,22,23). The fourth-order valence-electron chi connectivity index (χ4n) is 3.52. The zero-order valence-electron chi connectivity index (χ0n) is 13.5. The number of hydrogen-bond acceptors (Lipinski definition) is 3. The van der Waals surface area contributed by atoms with Gasteiger partial charge >= 0.3 is 5.97 Å². The number of carbonyl (C=O) groups is 2. The molecule has 0 amide bonds. The molecule has 1 saturated carbocycles. The van der Waals surface area contributed by atoms with Gasteiger partial charge in [-0.2, -0.15) is 11.8 Å². The molecule has 24 heavy (non-hydrogen) atoms. The van der Waals surface area contributed by atoms with Gasteiger partial charge in [0.1, 0.15) is 0 Å². The predicted molar refractivity (Wildman–Crippen MR) is 97.4 cm³/mol. The Hall–Kier alpha value is -2.07. The first-order valence-corrected chi connectivity index (χ1v) is 9.36. The molecule has 0 saturated heterocycles. The molecule has 3 atom stereocenters. The van der Waals surface area contributed by atoms with Gasteiger partial charge in [0, 0.05) is 16.7 Å². The molecule has 0 aromatic heterocycles. The van der Waals surface area contributed by atoms with Crippen molar-refractivity contribution in [3.05, 3.63) is 60.2 Å². The van der Waals surface area contributed by atoms with Crippen LogP contribution in [0.5, 0.6) is 0 Å². The van der Waals surface area contributed by atoms with Crippen LogP contribution in [0.15, 0.2) is 54.6 Å². The lowest BCUT2D eigenvalue weighted by atomic mass is 9.88. The lowest BCUT2D eigenvalue weighted by Crippen LogP contribution is -2.30. The van der Waals surface area contributed by atoms with Gasteiger partial charge in [-0.3, -0.25) is 9.59 Å². The number of carboxylic acids is 1. The molecule has 0 spiro atoms. The second-order valence-corrected chi connectivity index (χ2v) is 7.21. The van der Waals surface area contributed by atoms with Gasteiger partial charge in [0.05, 0.1) is 5.92 Å². The highest BCUT2D eigenvalue weighted by Gasteiger charge is 2.44. The maximum absolute atomic E-state index is 12.8. The Morgan fingerprint density at radius 2 is 1.58 bits per heavy atom. The first-order chi connectivity index (χ1) is 11.6. The molecule has 0 heterocycles. The van der Waals surface area contributed by atoms with E-state index >= 15 is 0 Å². The minimum atomic E-state index is -0.855. The summed E-state index contributed by atoms with van der Waals surface area (Å²) in [4.78, 5) is 24.4. The Morgan fingerprint density at radius 1 is 0.958 bits per heavy atom. The molecular weight excluding hydrogens is 320 g/mol. The number of carbonyl (C=O) groups excluding carboxylic acids is 1. The molecule has 4 heteroatoms. The van der Waals surface area contributed by atoms with Crippen molar-refractivity contribution < 1.29 is 14.7 Å². The van der Waals surface area contributed by atoms with Crippen molar-refractivity contribution in [2.24, 2.45) is 11.8 Å². The Bertz CT molecular complexity index is 724. The third-order valence-corrected chi connectivity index (χ3v) is 5.93. The summed E-state index contributed by atoms with van der Waals surface area (Å²) in [7, 11) is 0. The third-order valence-electron chi connectivity index (χ3n) is 4.80. The molecule has 124 valence electrons. The average Bonchev–Trinajstić information content (AvgIpc) is 3.06. The van der Waals surface area contributed by atoms with Crippen LogP contribution in [-0.4, -0.2) is 28.4 Å². The van der Waals surface area contributed by atoms with E-state index in [4.69, 9.17) is 0 Å². The van der Waals surface area contributed by atoms with E-state index in [1.807, 2.05) is 60.9 Å². The number of carboxylic acid groups (broad SMARTS) is 1. The SMILES string of the molecule is CSC1CCC(C(=O)c2ccc(-c3ccccc3)cc2)C1C(=O)O. The smallest absolute Gasteiger partial charge is 0.308 e. The quantitative estimate of drug-likeness (QED) is 0.821. The molecule has 3 rings (SSSR count). The van der Waals surface area contributed by atoms with E-state index < -0.39 is 17.8 Å². The Labute approximate surface area is 146 Å². The highest BCUT2D eigenvalue weighted by molar-refractivity contribution is 7.99. The average molecular weight is 340 g/mol. The van der Waals surface area contributed by atoms with Crippen molar-refractivity contribution >= 4 is 23.5 Å². The first-order valence-electron chi connectivity index (χ1n) is 8.07. The summed E-state index contributed by atoms with van der Waals surface area (Å²) in [6.07, 6.45) is 3.36. The molecular formula is C20H20O3S. The molecule has 2 aromatic rings. The lowest BCUT2D eigenvalue weighted by Gasteiger charge is -2.19. The van der Waals surface area contributed by atoms with Crippen molar-refractivity contribution in [3.8, 4) is 11.1 Å². The van der Waals surface area contributed by atoms with Crippen molar-refractivity contribution in [2.45, 2.75) is 18.1 Å². The molecule has 1 N–H and O–H groups in total. The second-order valence-electron chi connectivity index (χ2n) is 6.13. The number of benzene rings is 2. The first kappa shape index (κ1) is 16.8. The van der Waals surface area contributed by atoms with Gasteiger partial charge in [-0.15, -0.1) is 0 Å². The molecule has 3 unspecified atom stereocenters. The van der Waals surface area contributed by atoms with Crippen LogP contribution in [0.3, 0.4) is 0 Å². The summed E-state index contributed by atoms with van der Waals surface area (Å²) in [5.74, 6) is -1.89. The normalized spacial score (nSPS) is 23.1. The summed E-state index contributed by atoms with van der Waals surface area (Å²) in [6.45, 7) is 0. The molecule has 0 radical (unpaired) electrons. The summed E-state index contributed by atoms with van der Waals surface area (Å²) >= 11 is 1.55. The second kappa shape index (κ2) is 7.22. The fraction of sp³-hybridized carbons (Fsp3) is 0.300. The van der Waals surface area contributed by atoms with Gasteiger partial charge in [0.25, 0.3) is 0 Å². The summed E-state index contributed by atoms with van der Waals surface area (Å²) in [6, 6.07) is 17.5. The van der Waals surface area contributed by atoms with E-state index in [0.717, 1.165) is 17.5 Å². The third kappa shape index (κ3) is 3.24. The maximum atomic E-state index is 12.8. The van der Waals surface area contributed by atoms with E-state index in [0.29, 0.717) is 12.0 Å². The Balaban J connectivity index is 1.81. The summed E-state index contributed by atoms with van der Waals surface area (Å²) in [5.41, 5.74) is 2.76. The highest BCUT2D eigenvalue weighted by Crippen LogP contribution is 2.40. The minimum Gasteiger partial charge on any atom is -0.481 e. The Morgan fingerprint density at radius 3 is 2.17 bits per heavy atom. The van der Waals surface area contributed by atoms with Gasteiger partial charge < -0.3 is 5.11 Å². The van der Waals surface area contributed by atoms with Crippen LogP contribution in [0.1, 0.15) is 23.2 Å². The van der Waals surface area contributed by atoms with Crippen LogP contribution in [-0.2, 0) is 4.79 Å². The topological polar surface area (TPSA) is 54.4 Å². The van der Waals surface area contributed by atoms with Gasteiger partial charge in [-0.05, 0) is 30.2 Å². The van der Waals surface area contributed by atoms with Crippen LogP contribution in [0.4, 0.5) is 0 Å². The van der Waals surface area contributed by atoms with Crippen molar-refractivity contribution in [3.63, 3.8) is 0 Å². The van der Waals surface area contributed by atoms with Crippen LogP contribution in [0.25, 0.3) is 11.1 Å². The van der Waals surface area contributed by atoms with Crippen LogP contribution < -0.4 is 0 Å². The monoisotopic (exact) mass is 340 g/mol. The fourth-order valence-corrected chi connectivity index (χ4v) is 4.49. The van der Waals surface area contributed by atoms with Gasteiger partial charge in [0.2, 0.25) is 0 Å². The van der Waals surface area contributed by atoms with Gasteiger partial charge in [-0.1, -0.05) is 54.6 Å². The summed E-state index contributed by atoms with van der Waals surface area (Å²) < 4.78 is 0. The largest absolute Gasteiger partial charge is 0.481 e. The number of Topliss-reactive ketones (excluding diaryl/α,β-unsaturated/α-hetero) is 1. The molecule has 1 aliphatic rings. The van der Waals surface area contributed by atoms with E-state index in [1.165, 1.54) is 0 Å². The van der Waals surface area contributed by atoms with Gasteiger partial charge in [-0.25, -0.2) is 0 Å². The Kier molecular flexibility index (Phi) is 5.05. The van der Waals surface area contributed by atoms with Crippen molar-refractivity contribution in [1.82, 2.24) is 0 Å². The molecule has 0 aliphatic heterocycles. The zero-order chi connectivity index (χ0) is 17.1. The van der Waals surface area contributed by atoms with E-state index in [1.54, 1.807) is 11.8 Å². The number of ketones is 1.